The van der Waals surface area contributed by atoms with E-state index in [1.165, 1.54) is 0 Å². The quantitative estimate of drug-likeness (QED) is 0.571. The predicted octanol–water partition coefficient (Wildman–Crippen LogP) is 3.19. The Morgan fingerprint density at radius 3 is 2.92 bits per heavy atom. The molecule has 0 aliphatic carbocycles. The number of aromatic nitrogens is 2. The molecule has 0 amide bonds. The third-order valence-electron chi connectivity index (χ3n) is 1.74. The average molecular weight is 217 g/mol. The van der Waals surface area contributed by atoms with Crippen LogP contribution in [-0.2, 0) is 6.42 Å². The zero-order valence-electron chi connectivity index (χ0n) is 7.88. The van der Waals surface area contributed by atoms with Gasteiger partial charge in [-0.05, 0) is 19.1 Å². The SMILES string of the molecule is CCCCc1nc(SC)ncc1Cl. The Morgan fingerprint density at radius 1 is 1.54 bits per heavy atom. The summed E-state index contributed by atoms with van der Waals surface area (Å²) in [6, 6.07) is 0. The molecule has 0 bridgehead atoms. The van der Waals surface area contributed by atoms with Crippen LogP contribution in [0, 0.1) is 0 Å². The van der Waals surface area contributed by atoms with Gasteiger partial charge < -0.3 is 0 Å². The normalized spacial score (nSPS) is 10.4. The molecule has 0 aliphatic rings. The van der Waals surface area contributed by atoms with Crippen molar-refractivity contribution in [3.8, 4) is 0 Å². The molecule has 0 saturated carbocycles. The third-order valence-corrected chi connectivity index (χ3v) is 2.62. The van der Waals surface area contributed by atoms with Crippen molar-refractivity contribution < 1.29 is 0 Å². The minimum atomic E-state index is 0.686. The fourth-order valence-corrected chi connectivity index (χ4v) is 1.55. The topological polar surface area (TPSA) is 25.8 Å². The molecule has 1 aromatic rings. The minimum Gasteiger partial charge on any atom is -0.230 e. The molecular weight excluding hydrogens is 204 g/mol. The molecule has 13 heavy (non-hydrogen) atoms. The molecule has 0 saturated heterocycles. The number of thioether (sulfide) groups is 1. The first kappa shape index (κ1) is 10.8. The second-order valence-corrected chi connectivity index (χ2v) is 3.94. The van der Waals surface area contributed by atoms with E-state index in [2.05, 4.69) is 16.9 Å². The van der Waals surface area contributed by atoms with Gasteiger partial charge in [-0.15, -0.1) is 0 Å². The van der Waals surface area contributed by atoms with Gasteiger partial charge in [-0.25, -0.2) is 9.97 Å². The van der Waals surface area contributed by atoms with Crippen LogP contribution in [0.15, 0.2) is 11.4 Å². The molecule has 0 aromatic carbocycles. The lowest BCUT2D eigenvalue weighted by molar-refractivity contribution is 0.757. The van der Waals surface area contributed by atoms with Gasteiger partial charge in [0.2, 0.25) is 0 Å². The van der Waals surface area contributed by atoms with Crippen molar-refractivity contribution in [1.82, 2.24) is 9.97 Å². The fourth-order valence-electron chi connectivity index (χ4n) is 1.00. The van der Waals surface area contributed by atoms with Crippen molar-refractivity contribution in [3.05, 3.63) is 16.9 Å². The van der Waals surface area contributed by atoms with Crippen molar-refractivity contribution in [2.45, 2.75) is 31.3 Å². The first-order valence-electron chi connectivity index (χ1n) is 4.33. The van der Waals surface area contributed by atoms with Crippen LogP contribution in [0.5, 0.6) is 0 Å². The average Bonchev–Trinajstić information content (AvgIpc) is 2.17. The van der Waals surface area contributed by atoms with Crippen LogP contribution in [0.4, 0.5) is 0 Å². The lowest BCUT2D eigenvalue weighted by atomic mass is 10.2. The lowest BCUT2D eigenvalue weighted by Gasteiger charge is -2.02. The summed E-state index contributed by atoms with van der Waals surface area (Å²) in [7, 11) is 0. The van der Waals surface area contributed by atoms with Crippen LogP contribution < -0.4 is 0 Å². The largest absolute Gasteiger partial charge is 0.230 e. The number of nitrogens with zero attached hydrogens (tertiary/aromatic N) is 2. The molecule has 4 heteroatoms. The van der Waals surface area contributed by atoms with Crippen LogP contribution in [0.1, 0.15) is 25.5 Å². The maximum Gasteiger partial charge on any atom is 0.187 e. The van der Waals surface area contributed by atoms with Crippen molar-refractivity contribution in [2.24, 2.45) is 0 Å². The molecule has 0 fully saturated rings. The van der Waals surface area contributed by atoms with Gasteiger partial charge in [0.05, 0.1) is 16.9 Å². The van der Waals surface area contributed by atoms with Gasteiger partial charge in [-0.2, -0.15) is 0 Å². The fraction of sp³-hybridized carbons (Fsp3) is 0.556. The van der Waals surface area contributed by atoms with Gasteiger partial charge in [-0.3, -0.25) is 0 Å². The van der Waals surface area contributed by atoms with E-state index < -0.39 is 0 Å². The van der Waals surface area contributed by atoms with Crippen LogP contribution >= 0.6 is 23.4 Å². The minimum absolute atomic E-state index is 0.686. The van der Waals surface area contributed by atoms with Gasteiger partial charge >= 0.3 is 0 Å². The van der Waals surface area contributed by atoms with E-state index in [-0.39, 0.29) is 0 Å². The Bertz CT molecular complexity index is 278. The summed E-state index contributed by atoms with van der Waals surface area (Å²) in [5.41, 5.74) is 0.975. The Hall–Kier alpha value is -0.280. The molecule has 72 valence electrons. The molecule has 0 radical (unpaired) electrons. The van der Waals surface area contributed by atoms with Gasteiger partial charge in [0.25, 0.3) is 0 Å². The van der Waals surface area contributed by atoms with Crippen LogP contribution in [0.3, 0.4) is 0 Å². The van der Waals surface area contributed by atoms with E-state index in [1.807, 2.05) is 6.26 Å². The Morgan fingerprint density at radius 2 is 2.31 bits per heavy atom. The van der Waals surface area contributed by atoms with Gasteiger partial charge in [0, 0.05) is 0 Å². The lowest BCUT2D eigenvalue weighted by Crippen LogP contribution is -1.95. The molecule has 0 aliphatic heterocycles. The van der Waals surface area contributed by atoms with E-state index in [0.29, 0.717) is 5.02 Å². The number of hydrogen-bond donors (Lipinski definition) is 0. The van der Waals surface area contributed by atoms with E-state index in [9.17, 15) is 0 Å². The highest BCUT2D eigenvalue weighted by Gasteiger charge is 2.03. The Labute approximate surface area is 88.1 Å². The van der Waals surface area contributed by atoms with Gasteiger partial charge in [0.1, 0.15) is 0 Å². The van der Waals surface area contributed by atoms with Crippen molar-refractivity contribution in [2.75, 3.05) is 6.26 Å². The Balaban J connectivity index is 2.78. The number of hydrogen-bond acceptors (Lipinski definition) is 3. The molecule has 0 atom stereocenters. The van der Waals surface area contributed by atoms with E-state index in [0.717, 1.165) is 30.1 Å². The standard InChI is InChI=1S/C9H13ClN2S/c1-3-4-5-8-7(10)6-11-9(12-8)13-2/h6H,3-5H2,1-2H3. The summed E-state index contributed by atoms with van der Waals surface area (Å²) >= 11 is 7.50. The molecule has 0 N–H and O–H groups in total. The zero-order chi connectivity index (χ0) is 9.68. The summed E-state index contributed by atoms with van der Waals surface area (Å²) in [5.74, 6) is 0. The number of rotatable bonds is 4. The number of aryl methyl sites for hydroxylation is 1. The Kier molecular flexibility index (Phi) is 4.53. The van der Waals surface area contributed by atoms with Crippen molar-refractivity contribution in [3.63, 3.8) is 0 Å². The maximum atomic E-state index is 5.95. The number of halogens is 1. The second-order valence-electron chi connectivity index (χ2n) is 2.75. The van der Waals surface area contributed by atoms with Crippen molar-refractivity contribution in [1.29, 1.82) is 0 Å². The summed E-state index contributed by atoms with van der Waals surface area (Å²) in [4.78, 5) is 8.43. The number of unbranched alkanes of at least 4 members (excludes halogenated alkanes) is 1. The van der Waals surface area contributed by atoms with Crippen molar-refractivity contribution >= 4 is 23.4 Å². The van der Waals surface area contributed by atoms with E-state index in [4.69, 9.17) is 11.6 Å². The molecule has 1 heterocycles. The molecule has 0 unspecified atom stereocenters. The first-order chi connectivity index (χ1) is 6.27. The summed E-state index contributed by atoms with van der Waals surface area (Å²) < 4.78 is 0. The van der Waals surface area contributed by atoms with E-state index in [1.54, 1.807) is 18.0 Å². The molecule has 2 nitrogen and oxygen atoms in total. The van der Waals surface area contributed by atoms with Gasteiger partial charge in [0.15, 0.2) is 5.16 Å². The molecule has 1 rings (SSSR count). The molecule has 1 aromatic heterocycles. The van der Waals surface area contributed by atoms with E-state index >= 15 is 0 Å². The summed E-state index contributed by atoms with van der Waals surface area (Å²) in [6.07, 6.45) is 6.89. The van der Waals surface area contributed by atoms with Crippen LogP contribution in [0.2, 0.25) is 5.02 Å². The van der Waals surface area contributed by atoms with Gasteiger partial charge in [-0.1, -0.05) is 36.7 Å². The molecule has 0 spiro atoms. The predicted molar refractivity (Wildman–Crippen MR) is 57.4 cm³/mol. The summed E-state index contributed by atoms with van der Waals surface area (Å²) in [6.45, 7) is 2.16. The monoisotopic (exact) mass is 216 g/mol. The summed E-state index contributed by atoms with van der Waals surface area (Å²) in [5, 5.41) is 1.49. The maximum absolute atomic E-state index is 5.95. The molecular formula is C9H13ClN2S. The highest BCUT2D eigenvalue weighted by atomic mass is 35.5. The smallest absolute Gasteiger partial charge is 0.187 e. The third kappa shape index (κ3) is 3.16. The second kappa shape index (κ2) is 5.45. The zero-order valence-corrected chi connectivity index (χ0v) is 9.45. The van der Waals surface area contributed by atoms with Crippen LogP contribution in [0.25, 0.3) is 0 Å². The highest BCUT2D eigenvalue weighted by molar-refractivity contribution is 7.98. The highest BCUT2D eigenvalue weighted by Crippen LogP contribution is 2.17. The first-order valence-corrected chi connectivity index (χ1v) is 5.93. The van der Waals surface area contributed by atoms with Crippen LogP contribution in [-0.4, -0.2) is 16.2 Å².